The maximum atomic E-state index is 12.1. The molecule has 4 nitrogen and oxygen atoms in total. The Morgan fingerprint density at radius 2 is 1.95 bits per heavy atom. The van der Waals surface area contributed by atoms with Crippen LogP contribution in [0.4, 0.5) is 0 Å². The molecule has 0 saturated heterocycles. The second-order valence-electron chi connectivity index (χ2n) is 4.83. The zero-order valence-electron chi connectivity index (χ0n) is 11.8. The Hall–Kier alpha value is -2.46. The van der Waals surface area contributed by atoms with E-state index in [0.717, 1.165) is 16.7 Å². The van der Waals surface area contributed by atoms with Crippen molar-refractivity contribution in [2.24, 2.45) is 0 Å². The third-order valence-electron chi connectivity index (χ3n) is 3.23. The highest BCUT2D eigenvalue weighted by atomic mass is 35.5. The van der Waals surface area contributed by atoms with E-state index in [1.54, 1.807) is 12.1 Å². The van der Waals surface area contributed by atoms with Crippen LogP contribution in [0.25, 0.3) is 10.9 Å². The maximum Gasteiger partial charge on any atom is 0.267 e. The molecule has 3 rings (SSSR count). The minimum absolute atomic E-state index is 0.163. The molecular weight excluding hydrogens is 300 g/mol. The predicted octanol–water partition coefficient (Wildman–Crippen LogP) is 3.63. The smallest absolute Gasteiger partial charge is 0.267 e. The number of H-pyrrole nitrogens is 1. The van der Waals surface area contributed by atoms with Crippen molar-refractivity contribution in [2.75, 3.05) is 13.2 Å². The van der Waals surface area contributed by atoms with Crippen LogP contribution >= 0.6 is 11.6 Å². The van der Waals surface area contributed by atoms with E-state index in [-0.39, 0.29) is 5.91 Å². The summed E-state index contributed by atoms with van der Waals surface area (Å²) in [5, 5.41) is 4.38. The molecule has 112 valence electrons. The molecular formula is C17H15ClN2O2. The van der Waals surface area contributed by atoms with Crippen molar-refractivity contribution in [1.29, 1.82) is 0 Å². The first-order chi connectivity index (χ1) is 10.7. The molecule has 2 N–H and O–H groups in total. The van der Waals surface area contributed by atoms with Crippen molar-refractivity contribution in [3.63, 3.8) is 0 Å². The Morgan fingerprint density at radius 3 is 2.77 bits per heavy atom. The summed E-state index contributed by atoms with van der Waals surface area (Å²) >= 11 is 5.94. The number of rotatable bonds is 5. The largest absolute Gasteiger partial charge is 0.492 e. The van der Waals surface area contributed by atoms with Crippen molar-refractivity contribution in [3.05, 3.63) is 65.3 Å². The van der Waals surface area contributed by atoms with Gasteiger partial charge in [-0.05, 0) is 36.4 Å². The lowest BCUT2D eigenvalue weighted by atomic mass is 10.2. The Labute approximate surface area is 133 Å². The molecule has 0 aliphatic carbocycles. The van der Waals surface area contributed by atoms with Gasteiger partial charge in [-0.1, -0.05) is 29.8 Å². The lowest BCUT2D eigenvalue weighted by Crippen LogP contribution is -2.28. The summed E-state index contributed by atoms with van der Waals surface area (Å²) in [4.78, 5) is 15.1. The fraction of sp³-hybridized carbons (Fsp3) is 0.118. The first-order valence-electron chi connectivity index (χ1n) is 6.97. The summed E-state index contributed by atoms with van der Waals surface area (Å²) in [6.45, 7) is 0.853. The Kier molecular flexibility index (Phi) is 4.30. The summed E-state index contributed by atoms with van der Waals surface area (Å²) in [6, 6.07) is 16.7. The molecule has 1 amide bonds. The van der Waals surface area contributed by atoms with Crippen LogP contribution in [0.15, 0.2) is 54.6 Å². The van der Waals surface area contributed by atoms with Crippen LogP contribution in [0.3, 0.4) is 0 Å². The van der Waals surface area contributed by atoms with E-state index in [1.807, 2.05) is 42.5 Å². The van der Waals surface area contributed by atoms with Crippen LogP contribution in [0.1, 0.15) is 10.5 Å². The highest BCUT2D eigenvalue weighted by Crippen LogP contribution is 2.20. The summed E-state index contributed by atoms with van der Waals surface area (Å²) in [6.07, 6.45) is 0. The number of halogens is 1. The number of ether oxygens (including phenoxy) is 1. The van der Waals surface area contributed by atoms with Crippen LogP contribution < -0.4 is 10.1 Å². The van der Waals surface area contributed by atoms with E-state index < -0.39 is 0 Å². The van der Waals surface area contributed by atoms with Crippen molar-refractivity contribution < 1.29 is 9.53 Å². The summed E-state index contributed by atoms with van der Waals surface area (Å²) in [5.41, 5.74) is 1.40. The lowest BCUT2D eigenvalue weighted by molar-refractivity contribution is 0.0943. The van der Waals surface area contributed by atoms with Gasteiger partial charge in [-0.25, -0.2) is 0 Å². The monoisotopic (exact) mass is 314 g/mol. The number of benzene rings is 2. The van der Waals surface area contributed by atoms with Crippen molar-refractivity contribution in [3.8, 4) is 5.75 Å². The molecule has 1 aromatic heterocycles. The molecule has 0 radical (unpaired) electrons. The SMILES string of the molecule is O=C(NCCOc1ccccc1)c1cc2cc(Cl)ccc2[nH]1. The van der Waals surface area contributed by atoms with Gasteiger partial charge in [0.1, 0.15) is 18.1 Å². The molecule has 2 aromatic carbocycles. The average molecular weight is 315 g/mol. The standard InChI is InChI=1S/C17H15ClN2O2/c18-13-6-7-15-12(10-13)11-16(20-15)17(21)19-8-9-22-14-4-2-1-3-5-14/h1-7,10-11,20H,8-9H2,(H,19,21). The number of hydrogen-bond donors (Lipinski definition) is 2. The van der Waals surface area contributed by atoms with Crippen LogP contribution in [-0.2, 0) is 0 Å². The zero-order chi connectivity index (χ0) is 15.4. The van der Waals surface area contributed by atoms with E-state index in [0.29, 0.717) is 23.9 Å². The minimum Gasteiger partial charge on any atom is -0.492 e. The van der Waals surface area contributed by atoms with Gasteiger partial charge < -0.3 is 15.0 Å². The van der Waals surface area contributed by atoms with E-state index in [9.17, 15) is 4.79 Å². The number of carbonyl (C=O) groups is 1. The molecule has 0 aliphatic rings. The fourth-order valence-electron chi connectivity index (χ4n) is 2.17. The number of amides is 1. The predicted molar refractivity (Wildman–Crippen MR) is 87.6 cm³/mol. The molecule has 0 unspecified atom stereocenters. The highest BCUT2D eigenvalue weighted by Gasteiger charge is 2.09. The molecule has 3 aromatic rings. The van der Waals surface area contributed by atoms with E-state index in [1.165, 1.54) is 0 Å². The van der Waals surface area contributed by atoms with Crippen LogP contribution in [0.5, 0.6) is 5.75 Å². The molecule has 22 heavy (non-hydrogen) atoms. The van der Waals surface area contributed by atoms with Gasteiger partial charge in [0, 0.05) is 15.9 Å². The number of fused-ring (bicyclic) bond motifs is 1. The fourth-order valence-corrected chi connectivity index (χ4v) is 2.35. The summed E-state index contributed by atoms with van der Waals surface area (Å²) in [7, 11) is 0. The minimum atomic E-state index is -0.163. The lowest BCUT2D eigenvalue weighted by Gasteiger charge is -2.06. The quantitative estimate of drug-likeness (QED) is 0.707. The maximum absolute atomic E-state index is 12.1. The molecule has 0 aliphatic heterocycles. The number of carbonyl (C=O) groups excluding carboxylic acids is 1. The zero-order valence-corrected chi connectivity index (χ0v) is 12.6. The first kappa shape index (κ1) is 14.5. The Morgan fingerprint density at radius 1 is 1.14 bits per heavy atom. The van der Waals surface area contributed by atoms with Gasteiger partial charge in [0.05, 0.1) is 6.54 Å². The third kappa shape index (κ3) is 3.40. The molecule has 5 heteroatoms. The van der Waals surface area contributed by atoms with Gasteiger partial charge in [-0.3, -0.25) is 4.79 Å². The topological polar surface area (TPSA) is 54.1 Å². The summed E-state index contributed by atoms with van der Waals surface area (Å²) < 4.78 is 5.52. The van der Waals surface area contributed by atoms with Crippen LogP contribution in [-0.4, -0.2) is 24.0 Å². The first-order valence-corrected chi connectivity index (χ1v) is 7.34. The molecule has 0 bridgehead atoms. The number of nitrogens with one attached hydrogen (secondary N) is 2. The second-order valence-corrected chi connectivity index (χ2v) is 5.27. The number of aromatic nitrogens is 1. The van der Waals surface area contributed by atoms with Gasteiger partial charge in [-0.15, -0.1) is 0 Å². The van der Waals surface area contributed by atoms with E-state index in [2.05, 4.69) is 10.3 Å². The van der Waals surface area contributed by atoms with Crippen LogP contribution in [0, 0.1) is 0 Å². The van der Waals surface area contributed by atoms with Gasteiger partial charge in [0.2, 0.25) is 0 Å². The molecule has 0 fully saturated rings. The molecule has 1 heterocycles. The van der Waals surface area contributed by atoms with Crippen LogP contribution in [0.2, 0.25) is 5.02 Å². The summed E-state index contributed by atoms with van der Waals surface area (Å²) in [5.74, 6) is 0.626. The third-order valence-corrected chi connectivity index (χ3v) is 3.46. The average Bonchev–Trinajstić information content (AvgIpc) is 2.95. The number of aromatic amines is 1. The second kappa shape index (κ2) is 6.54. The molecule has 0 spiro atoms. The Bertz CT molecular complexity index is 784. The number of para-hydroxylation sites is 1. The highest BCUT2D eigenvalue weighted by molar-refractivity contribution is 6.31. The van der Waals surface area contributed by atoms with E-state index in [4.69, 9.17) is 16.3 Å². The van der Waals surface area contributed by atoms with Gasteiger partial charge in [0.15, 0.2) is 0 Å². The van der Waals surface area contributed by atoms with E-state index >= 15 is 0 Å². The number of hydrogen-bond acceptors (Lipinski definition) is 2. The van der Waals surface area contributed by atoms with Crippen molar-refractivity contribution >= 4 is 28.4 Å². The van der Waals surface area contributed by atoms with Gasteiger partial charge >= 0.3 is 0 Å². The van der Waals surface area contributed by atoms with Crippen molar-refractivity contribution in [2.45, 2.75) is 0 Å². The normalized spacial score (nSPS) is 10.6. The van der Waals surface area contributed by atoms with Gasteiger partial charge in [-0.2, -0.15) is 0 Å². The molecule has 0 atom stereocenters. The Balaban J connectivity index is 1.54. The van der Waals surface area contributed by atoms with Gasteiger partial charge in [0.25, 0.3) is 5.91 Å². The molecule has 0 saturated carbocycles. The van der Waals surface area contributed by atoms with Crippen molar-refractivity contribution in [1.82, 2.24) is 10.3 Å².